The lowest BCUT2D eigenvalue weighted by molar-refractivity contribution is -0.0702. The minimum Gasteiger partial charge on any atom is -0.394 e. The predicted molar refractivity (Wildman–Crippen MR) is 131 cm³/mol. The van der Waals surface area contributed by atoms with Gasteiger partial charge in [0.2, 0.25) is 5.95 Å². The van der Waals surface area contributed by atoms with Gasteiger partial charge in [0, 0.05) is 6.42 Å². The van der Waals surface area contributed by atoms with E-state index in [-0.39, 0.29) is 35.0 Å². The van der Waals surface area contributed by atoms with Crippen molar-refractivity contribution in [2.24, 2.45) is 4.99 Å². The van der Waals surface area contributed by atoms with E-state index in [9.17, 15) is 29.6 Å². The molecule has 7 rings (SSSR count). The molecule has 0 aromatic carbocycles. The van der Waals surface area contributed by atoms with Crippen molar-refractivity contribution in [2.75, 3.05) is 17.7 Å². The highest BCUT2D eigenvalue weighted by Crippen LogP contribution is 2.63. The van der Waals surface area contributed by atoms with Crippen molar-refractivity contribution in [3.63, 3.8) is 0 Å². The van der Waals surface area contributed by atoms with Gasteiger partial charge in [0.1, 0.15) is 29.8 Å². The van der Waals surface area contributed by atoms with Crippen LogP contribution in [-0.2, 0) is 23.1 Å². The third kappa shape index (κ3) is 4.02. The van der Waals surface area contributed by atoms with Crippen LogP contribution in [0.15, 0.2) is 22.4 Å². The fraction of sp³-hybridized carbons (Fsp3) is 0.550. The smallest absolute Gasteiger partial charge is 0.394 e. The van der Waals surface area contributed by atoms with Gasteiger partial charge in [-0.15, -0.1) is 0 Å². The van der Waals surface area contributed by atoms with E-state index in [0.29, 0.717) is 0 Å². The van der Waals surface area contributed by atoms with Crippen LogP contribution in [0.5, 0.6) is 0 Å². The lowest BCUT2D eigenvalue weighted by Crippen LogP contribution is -2.34. The predicted octanol–water partition coefficient (Wildman–Crippen LogP) is -1.83. The molecule has 1 aliphatic carbocycles. The summed E-state index contributed by atoms with van der Waals surface area (Å²) in [7, 11) is -5.02. The number of anilines is 2. The maximum atomic E-state index is 15.5. The summed E-state index contributed by atoms with van der Waals surface area (Å²) in [6.07, 6.45) is -7.40. The molecule has 19 nitrogen and oxygen atoms in total. The fourth-order valence-electron chi connectivity index (χ4n) is 5.41. The maximum Gasteiger partial charge on any atom is 0.473 e. The van der Waals surface area contributed by atoms with Crippen LogP contribution in [0.25, 0.3) is 11.2 Å². The minimum absolute atomic E-state index is 0.00199. The van der Waals surface area contributed by atoms with Crippen LogP contribution in [0.1, 0.15) is 30.8 Å². The number of nitrogens with one attached hydrogen (secondary N) is 2. The molecular weight excluding hydrogens is 576 g/mol. The van der Waals surface area contributed by atoms with Crippen LogP contribution in [0.2, 0.25) is 0 Å². The second-order valence-electron chi connectivity index (χ2n) is 9.90. The Morgan fingerprint density at radius 3 is 2.76 bits per heavy atom. The maximum absolute atomic E-state index is 15.5. The standard InChI is InChI=1S/C20H23FN9O10P/c21-10-18(29-4-25-8-13(29)23-3-24-15(8)32)38-11-12(20(10,11)34)40-41(35,36)39-7-1-6(2-31)37-17(7)30-5-26-9-14(30)27-19(22)28-16(9)33/h3-7,10-12,15,17-18,31-32,34H,1-2H2,(H,23,24)(H,35,36)(H3,22,27,28,33)/t6-,7+,10+,11+,12?,15?,17+,18+,20-/m0/s1. The quantitative estimate of drug-likeness (QED) is 0.147. The van der Waals surface area contributed by atoms with E-state index >= 15 is 4.39 Å². The Balaban J connectivity index is 1.08. The third-order valence-electron chi connectivity index (χ3n) is 7.40. The van der Waals surface area contributed by atoms with Gasteiger partial charge in [-0.1, -0.05) is 0 Å². The number of halogens is 1. The highest BCUT2D eigenvalue weighted by atomic mass is 31.2. The molecular formula is C20H23FN9O10P. The van der Waals surface area contributed by atoms with Crippen molar-refractivity contribution in [1.82, 2.24) is 29.1 Å². The number of rotatable bonds is 7. The second kappa shape index (κ2) is 9.08. The lowest BCUT2D eigenvalue weighted by Gasteiger charge is -2.26. The number of nitrogens with zero attached hydrogens (tertiary/aromatic N) is 6. The Kier molecular flexibility index (Phi) is 5.88. The van der Waals surface area contributed by atoms with Gasteiger partial charge in [-0.25, -0.2) is 23.9 Å². The van der Waals surface area contributed by atoms with E-state index in [1.165, 1.54) is 28.1 Å². The topological polar surface area (TPSA) is 267 Å². The molecule has 3 fully saturated rings. The van der Waals surface area contributed by atoms with Crippen LogP contribution in [-0.4, -0.2) is 98.4 Å². The number of aromatic nitrogens is 6. The van der Waals surface area contributed by atoms with Crippen molar-refractivity contribution >= 4 is 37.1 Å². The summed E-state index contributed by atoms with van der Waals surface area (Å²) in [6.45, 7) is -0.464. The number of aromatic amines is 1. The molecule has 6 heterocycles. The molecule has 4 aliphatic rings. The van der Waals surface area contributed by atoms with Crippen LogP contribution in [0, 0.1) is 0 Å². The number of ether oxygens (including phenoxy) is 2. The first kappa shape index (κ1) is 26.6. The number of hydrogen-bond donors (Lipinski definition) is 7. The first-order valence-corrected chi connectivity index (χ1v) is 13.7. The van der Waals surface area contributed by atoms with Crippen molar-refractivity contribution in [2.45, 2.75) is 61.3 Å². The highest BCUT2D eigenvalue weighted by molar-refractivity contribution is 7.47. The highest BCUT2D eigenvalue weighted by Gasteiger charge is 2.80. The number of imidazole rings is 2. The van der Waals surface area contributed by atoms with Gasteiger partial charge in [-0.3, -0.25) is 28.0 Å². The second-order valence-corrected chi connectivity index (χ2v) is 11.3. The van der Waals surface area contributed by atoms with Gasteiger partial charge in [-0.2, -0.15) is 4.98 Å². The average Bonchev–Trinajstić information content (AvgIpc) is 3.48. The Labute approximate surface area is 227 Å². The Morgan fingerprint density at radius 2 is 2.02 bits per heavy atom. The molecule has 1 saturated carbocycles. The first-order chi connectivity index (χ1) is 19.5. The van der Waals surface area contributed by atoms with Gasteiger partial charge in [0.15, 0.2) is 41.6 Å². The number of phosphoric ester groups is 1. The summed E-state index contributed by atoms with van der Waals surface area (Å²) in [5.74, 6) is -0.00636. The molecule has 2 saturated heterocycles. The first-order valence-electron chi connectivity index (χ1n) is 12.2. The average molecular weight is 599 g/mol. The molecule has 10 atom stereocenters. The summed E-state index contributed by atoms with van der Waals surface area (Å²) in [5, 5.41) is 33.2. The van der Waals surface area contributed by atoms with E-state index < -0.39 is 74.9 Å². The van der Waals surface area contributed by atoms with Gasteiger partial charge in [0.25, 0.3) is 5.56 Å². The van der Waals surface area contributed by atoms with Gasteiger partial charge < -0.3 is 40.7 Å². The number of phosphoric acid groups is 1. The lowest BCUT2D eigenvalue weighted by atomic mass is 10.2. The number of aliphatic imine (C=N–C) groups is 1. The molecule has 8 N–H and O–H groups in total. The van der Waals surface area contributed by atoms with E-state index in [2.05, 4.69) is 30.2 Å². The normalized spacial score (nSPS) is 37.1. The summed E-state index contributed by atoms with van der Waals surface area (Å²) in [5.41, 5.74) is 2.77. The summed E-state index contributed by atoms with van der Waals surface area (Å²) >= 11 is 0. The minimum atomic E-state index is -5.02. The van der Waals surface area contributed by atoms with Crippen LogP contribution < -0.4 is 16.6 Å². The van der Waals surface area contributed by atoms with Crippen LogP contribution in [0.3, 0.4) is 0 Å². The molecule has 0 spiro atoms. The monoisotopic (exact) mass is 599 g/mol. The molecule has 3 unspecified atom stereocenters. The Hall–Kier alpha value is -3.33. The number of nitrogen functional groups attached to an aromatic ring is 1. The molecule has 3 aromatic heterocycles. The Bertz CT molecular complexity index is 1660. The number of alkyl halides is 1. The molecule has 0 amide bonds. The number of H-pyrrole nitrogens is 1. The molecule has 21 heteroatoms. The van der Waals surface area contributed by atoms with Crippen LogP contribution >= 0.6 is 7.82 Å². The van der Waals surface area contributed by atoms with Gasteiger partial charge in [0.05, 0.1) is 31.7 Å². The number of fused-ring (bicyclic) bond motifs is 3. The molecule has 3 aromatic rings. The summed E-state index contributed by atoms with van der Waals surface area (Å²) in [6, 6.07) is 0. The molecule has 0 radical (unpaired) electrons. The zero-order valence-corrected chi connectivity index (χ0v) is 21.5. The largest absolute Gasteiger partial charge is 0.473 e. The zero-order valence-electron chi connectivity index (χ0n) is 20.6. The summed E-state index contributed by atoms with van der Waals surface area (Å²) in [4.78, 5) is 40.8. The van der Waals surface area contributed by atoms with Crippen LogP contribution in [0.4, 0.5) is 16.2 Å². The molecule has 220 valence electrons. The van der Waals surface area contributed by atoms with E-state index in [1.54, 1.807) is 0 Å². The van der Waals surface area contributed by atoms with Crippen molar-refractivity contribution in [3.8, 4) is 0 Å². The van der Waals surface area contributed by atoms with Crippen molar-refractivity contribution < 1.29 is 47.7 Å². The van der Waals surface area contributed by atoms with Gasteiger partial charge >= 0.3 is 7.82 Å². The molecule has 0 bridgehead atoms. The summed E-state index contributed by atoms with van der Waals surface area (Å²) < 4.78 is 52.9. The molecule has 3 aliphatic heterocycles. The molecule has 41 heavy (non-hydrogen) atoms. The zero-order chi connectivity index (χ0) is 28.8. The number of aliphatic hydroxyl groups excluding tert-OH is 2. The fourth-order valence-corrected chi connectivity index (χ4v) is 6.56. The SMILES string of the molecule is Nc1nc2c(ncn2[C@@H]2O[C@H](CO)C[C@H]2OP(=O)(O)OC2[C@H]3O[C@@H](n4cnc5c4NC=NC5O)[C@@H](F)[C@@]23O)c(=O)[nH]1. The third-order valence-corrected chi connectivity index (χ3v) is 8.43. The van der Waals surface area contributed by atoms with Crippen molar-refractivity contribution in [1.29, 1.82) is 0 Å². The van der Waals surface area contributed by atoms with E-state index in [0.717, 1.165) is 0 Å². The van der Waals surface area contributed by atoms with Crippen molar-refractivity contribution in [3.05, 3.63) is 28.7 Å². The van der Waals surface area contributed by atoms with E-state index in [1.807, 2.05) is 0 Å². The number of nitrogens with two attached hydrogens (primary N) is 1. The Morgan fingerprint density at radius 1 is 1.24 bits per heavy atom. The van der Waals surface area contributed by atoms with Gasteiger partial charge in [-0.05, 0) is 0 Å². The van der Waals surface area contributed by atoms with E-state index in [4.69, 9.17) is 24.3 Å². The number of hydrogen-bond acceptors (Lipinski definition) is 15. The number of aliphatic hydroxyl groups is 3.